The summed E-state index contributed by atoms with van der Waals surface area (Å²) in [6.45, 7) is 2.08. The van der Waals surface area contributed by atoms with Crippen molar-refractivity contribution in [2.45, 2.75) is 14.4 Å². The molecule has 2 heteroatoms. The second kappa shape index (κ2) is 8.80. The lowest BCUT2D eigenvalue weighted by molar-refractivity contribution is 1.48. The molecule has 1 rings (SSSR count). The van der Waals surface area contributed by atoms with Gasteiger partial charge in [0.05, 0.1) is 0 Å². The molecule has 60 valence electrons. The second-order valence-electron chi connectivity index (χ2n) is 1.65. The highest BCUT2D eigenvalue weighted by molar-refractivity contribution is 5.85. The Balaban J connectivity index is -0.000000163. The van der Waals surface area contributed by atoms with Gasteiger partial charge in [0.15, 0.2) is 0 Å². The molecule has 0 aliphatic carbocycles. The molecule has 0 fully saturated rings. The molecule has 0 unspecified atom stereocenters. The third kappa shape index (κ3) is 5.93. The van der Waals surface area contributed by atoms with Crippen molar-refractivity contribution >= 4 is 24.8 Å². The second-order valence-corrected chi connectivity index (χ2v) is 1.65. The summed E-state index contributed by atoms with van der Waals surface area (Å²) in [5.74, 6) is 0. The zero-order chi connectivity index (χ0) is 5.11. The van der Waals surface area contributed by atoms with Crippen LogP contribution in [0.4, 0.5) is 0 Å². The van der Waals surface area contributed by atoms with Gasteiger partial charge in [0.25, 0.3) is 0 Å². The average Bonchev–Trinajstić information content (AvgIpc) is 1.69. The molecule has 0 aromatic heterocycles. The van der Waals surface area contributed by atoms with E-state index in [4.69, 9.17) is 0 Å². The Morgan fingerprint density at radius 3 is 1.50 bits per heavy atom. The summed E-state index contributed by atoms with van der Waals surface area (Å²) >= 11 is 0. The van der Waals surface area contributed by atoms with Gasteiger partial charge >= 0.3 is 0 Å². The third-order valence-corrected chi connectivity index (χ3v) is 0.940. The molecule has 0 spiro atoms. The van der Waals surface area contributed by atoms with Gasteiger partial charge in [-0.15, -0.1) is 24.8 Å². The van der Waals surface area contributed by atoms with E-state index in [9.17, 15) is 0 Å². The van der Waals surface area contributed by atoms with E-state index in [0.717, 1.165) is 0 Å². The highest BCUT2D eigenvalue weighted by Gasteiger charge is 1.72. The Labute approximate surface area is 75.5 Å². The first-order chi connectivity index (χ1) is 3.39. The third-order valence-electron chi connectivity index (χ3n) is 0.940. The summed E-state index contributed by atoms with van der Waals surface area (Å²) in [4.78, 5) is 0. The first-order valence-electron chi connectivity index (χ1n) is 2.41. The van der Waals surface area contributed by atoms with Gasteiger partial charge in [-0.1, -0.05) is 43.3 Å². The largest absolute Gasteiger partial charge is 0.147 e. The van der Waals surface area contributed by atoms with Crippen molar-refractivity contribution in [2.24, 2.45) is 0 Å². The van der Waals surface area contributed by atoms with Crippen LogP contribution in [0.2, 0.25) is 0 Å². The summed E-state index contributed by atoms with van der Waals surface area (Å²) in [7, 11) is 0. The molecule has 0 bridgehead atoms. The van der Waals surface area contributed by atoms with Crippen LogP contribution in [0.3, 0.4) is 0 Å². The number of hydrogen-bond acceptors (Lipinski definition) is 0. The van der Waals surface area contributed by atoms with Gasteiger partial charge in [0.1, 0.15) is 0 Å². The van der Waals surface area contributed by atoms with Crippen LogP contribution in [-0.4, -0.2) is 0 Å². The Hall–Kier alpha value is -0.200. The smallest absolute Gasteiger partial charge is 0.0398 e. The van der Waals surface area contributed by atoms with E-state index in [1.54, 1.807) is 0 Å². The van der Waals surface area contributed by atoms with E-state index in [1.165, 1.54) is 5.56 Å². The zero-order valence-corrected chi connectivity index (χ0v) is 6.84. The molecule has 0 atom stereocenters. The Bertz CT molecular complexity index is 137. The van der Waals surface area contributed by atoms with E-state index in [0.29, 0.717) is 0 Å². The van der Waals surface area contributed by atoms with Gasteiger partial charge in [-0.3, -0.25) is 0 Å². The van der Waals surface area contributed by atoms with E-state index in [-0.39, 0.29) is 32.2 Å². The lowest BCUT2D eigenvalue weighted by Gasteiger charge is -1.82. The molecule has 0 N–H and O–H groups in total. The van der Waals surface area contributed by atoms with Crippen LogP contribution >= 0.6 is 24.8 Å². The zero-order valence-electron chi connectivity index (χ0n) is 5.20. The number of rotatable bonds is 0. The Morgan fingerprint density at radius 2 is 1.30 bits per heavy atom. The van der Waals surface area contributed by atoms with Crippen LogP contribution in [0, 0.1) is 6.92 Å². The van der Waals surface area contributed by atoms with E-state index in [1.807, 2.05) is 18.2 Å². The number of benzene rings is 1. The average molecular weight is 181 g/mol. The van der Waals surface area contributed by atoms with Crippen molar-refractivity contribution in [3.63, 3.8) is 0 Å². The molecule has 0 radical (unpaired) electrons. The van der Waals surface area contributed by atoms with Crippen LogP contribution < -0.4 is 0 Å². The van der Waals surface area contributed by atoms with Crippen molar-refractivity contribution < 1.29 is 0 Å². The summed E-state index contributed by atoms with van der Waals surface area (Å²) in [5.41, 5.74) is 1.32. The topological polar surface area (TPSA) is 0 Å². The maximum absolute atomic E-state index is 2.08. The highest BCUT2D eigenvalue weighted by Crippen LogP contribution is 1.92. The molecule has 1 aromatic rings. The standard InChI is InChI=1S/C7H8.CH4.2ClH/c1-7-5-3-2-4-6-7;;;/h2-6H,1H3;1H4;2*1H. The SMILES string of the molecule is C.Cc1ccccc1.Cl.Cl. The van der Waals surface area contributed by atoms with Crippen molar-refractivity contribution in [1.82, 2.24) is 0 Å². The van der Waals surface area contributed by atoms with Gasteiger partial charge in [-0.2, -0.15) is 0 Å². The molecule has 10 heavy (non-hydrogen) atoms. The van der Waals surface area contributed by atoms with Crippen LogP contribution in [0.15, 0.2) is 30.3 Å². The van der Waals surface area contributed by atoms with E-state index >= 15 is 0 Å². The Morgan fingerprint density at radius 1 is 0.900 bits per heavy atom. The first kappa shape index (κ1) is 16.4. The number of hydrogen-bond donors (Lipinski definition) is 0. The van der Waals surface area contributed by atoms with Crippen LogP contribution in [0.5, 0.6) is 0 Å². The quantitative estimate of drug-likeness (QED) is 0.574. The van der Waals surface area contributed by atoms with Gasteiger partial charge in [0.2, 0.25) is 0 Å². The molecule has 1 aromatic carbocycles. The van der Waals surface area contributed by atoms with Crippen LogP contribution in [-0.2, 0) is 0 Å². The van der Waals surface area contributed by atoms with Crippen molar-refractivity contribution in [2.75, 3.05) is 0 Å². The van der Waals surface area contributed by atoms with Crippen molar-refractivity contribution in [3.8, 4) is 0 Å². The first-order valence-corrected chi connectivity index (χ1v) is 2.41. The lowest BCUT2D eigenvalue weighted by Crippen LogP contribution is -1.62. The lowest BCUT2D eigenvalue weighted by atomic mass is 10.2. The summed E-state index contributed by atoms with van der Waals surface area (Å²) in [6.07, 6.45) is 0. The molecular weight excluding hydrogens is 167 g/mol. The van der Waals surface area contributed by atoms with E-state index < -0.39 is 0 Å². The minimum atomic E-state index is 0. The molecule has 0 saturated heterocycles. The molecule has 0 amide bonds. The van der Waals surface area contributed by atoms with Crippen LogP contribution in [0.1, 0.15) is 13.0 Å². The highest BCUT2D eigenvalue weighted by atomic mass is 35.5. The molecule has 0 saturated carbocycles. The van der Waals surface area contributed by atoms with Gasteiger partial charge in [-0.05, 0) is 6.92 Å². The predicted octanol–water partition coefficient (Wildman–Crippen LogP) is 3.47. The summed E-state index contributed by atoms with van der Waals surface area (Å²) < 4.78 is 0. The minimum absolute atomic E-state index is 0. The van der Waals surface area contributed by atoms with Crippen molar-refractivity contribution in [1.29, 1.82) is 0 Å². The van der Waals surface area contributed by atoms with E-state index in [2.05, 4.69) is 19.1 Å². The summed E-state index contributed by atoms with van der Waals surface area (Å²) in [5, 5.41) is 0. The predicted molar refractivity (Wildman–Crippen MR) is 52.4 cm³/mol. The maximum Gasteiger partial charge on any atom is -0.0398 e. The fourth-order valence-electron chi connectivity index (χ4n) is 0.534. The molecule has 0 aliphatic heterocycles. The maximum atomic E-state index is 2.08. The Kier molecular flexibility index (Phi) is 14.4. The fourth-order valence-corrected chi connectivity index (χ4v) is 0.534. The van der Waals surface area contributed by atoms with Crippen molar-refractivity contribution in [3.05, 3.63) is 35.9 Å². The summed E-state index contributed by atoms with van der Waals surface area (Å²) in [6, 6.07) is 10.3. The van der Waals surface area contributed by atoms with Gasteiger partial charge < -0.3 is 0 Å². The monoisotopic (exact) mass is 180 g/mol. The van der Waals surface area contributed by atoms with Gasteiger partial charge in [-0.25, -0.2) is 0 Å². The van der Waals surface area contributed by atoms with Gasteiger partial charge in [0, 0.05) is 0 Å². The minimum Gasteiger partial charge on any atom is -0.147 e. The molecular formula is C8H14Cl2. The number of aryl methyl sites for hydroxylation is 1. The fraction of sp³-hybridized carbons (Fsp3) is 0.250. The van der Waals surface area contributed by atoms with Crippen LogP contribution in [0.25, 0.3) is 0 Å². The molecule has 0 nitrogen and oxygen atoms in total. The molecule has 0 aliphatic rings. The number of halogens is 2. The normalized spacial score (nSPS) is 6.10. The molecule has 0 heterocycles.